The first-order chi connectivity index (χ1) is 11.5. The van der Waals surface area contributed by atoms with Crippen LogP contribution in [0.1, 0.15) is 30.0 Å². The molecule has 2 aromatic rings. The number of rotatable bonds is 7. The van der Waals surface area contributed by atoms with Crippen molar-refractivity contribution in [3.63, 3.8) is 0 Å². The van der Waals surface area contributed by atoms with E-state index in [1.165, 1.54) is 11.1 Å². The fraction of sp³-hybridized carbons (Fsp3) is 0.381. The lowest BCUT2D eigenvalue weighted by Gasteiger charge is -2.14. The fourth-order valence-corrected chi connectivity index (χ4v) is 3.35. The highest BCUT2D eigenvalue weighted by molar-refractivity contribution is 5.73. The zero-order valence-corrected chi connectivity index (χ0v) is 14.2. The molecule has 1 fully saturated rings. The Bertz CT molecular complexity index is 708. The molecule has 0 radical (unpaired) electrons. The van der Waals surface area contributed by atoms with Crippen molar-refractivity contribution >= 4 is 5.97 Å². The molecule has 0 bridgehead atoms. The molecule has 1 N–H and O–H groups in total. The van der Waals surface area contributed by atoms with Gasteiger partial charge in [-0.15, -0.1) is 0 Å². The predicted molar refractivity (Wildman–Crippen MR) is 94.1 cm³/mol. The number of ether oxygens (including phenoxy) is 1. The Balaban J connectivity index is 1.57. The SMILES string of the molecule is Cc1cc(OCc2ccccc2)ccc1CC(C)C1CC1C(=O)O. The van der Waals surface area contributed by atoms with Gasteiger partial charge in [-0.1, -0.05) is 43.3 Å². The van der Waals surface area contributed by atoms with E-state index in [-0.39, 0.29) is 5.92 Å². The van der Waals surface area contributed by atoms with E-state index < -0.39 is 5.97 Å². The Morgan fingerprint density at radius 2 is 2.00 bits per heavy atom. The standard InChI is InChI=1S/C21H24O3/c1-14-11-18(24-13-16-6-4-3-5-7-16)9-8-17(14)10-15(2)19-12-20(19)21(22)23/h3-9,11,15,19-20H,10,12-13H2,1-2H3,(H,22,23). The maximum atomic E-state index is 11.0. The van der Waals surface area contributed by atoms with E-state index in [4.69, 9.17) is 9.84 Å². The molecule has 3 atom stereocenters. The van der Waals surface area contributed by atoms with Gasteiger partial charge in [0.1, 0.15) is 12.4 Å². The Morgan fingerprint density at radius 1 is 1.25 bits per heavy atom. The molecular weight excluding hydrogens is 300 g/mol. The Hall–Kier alpha value is -2.29. The molecule has 1 aliphatic carbocycles. The zero-order valence-electron chi connectivity index (χ0n) is 14.2. The van der Waals surface area contributed by atoms with Crippen molar-refractivity contribution < 1.29 is 14.6 Å². The molecule has 1 saturated carbocycles. The van der Waals surface area contributed by atoms with Gasteiger partial charge in [-0.25, -0.2) is 0 Å². The van der Waals surface area contributed by atoms with Crippen molar-refractivity contribution in [2.24, 2.45) is 17.8 Å². The maximum absolute atomic E-state index is 11.0. The third-order valence-corrected chi connectivity index (χ3v) is 4.99. The van der Waals surface area contributed by atoms with Gasteiger partial charge in [-0.3, -0.25) is 4.79 Å². The first-order valence-electron chi connectivity index (χ1n) is 8.53. The lowest BCUT2D eigenvalue weighted by molar-refractivity contribution is -0.139. The summed E-state index contributed by atoms with van der Waals surface area (Å²) in [6.45, 7) is 4.82. The number of carboxylic acids is 1. The van der Waals surface area contributed by atoms with Crippen LogP contribution in [0.3, 0.4) is 0 Å². The summed E-state index contributed by atoms with van der Waals surface area (Å²) in [5.74, 6) is 0.835. The molecule has 0 saturated heterocycles. The van der Waals surface area contributed by atoms with E-state index in [0.29, 0.717) is 18.4 Å². The van der Waals surface area contributed by atoms with Crippen molar-refractivity contribution in [1.82, 2.24) is 0 Å². The molecule has 126 valence electrons. The van der Waals surface area contributed by atoms with Gasteiger partial charge in [0.25, 0.3) is 0 Å². The minimum atomic E-state index is -0.645. The van der Waals surface area contributed by atoms with E-state index in [2.05, 4.69) is 38.1 Å². The molecule has 3 heteroatoms. The summed E-state index contributed by atoms with van der Waals surface area (Å²) in [6.07, 6.45) is 1.76. The van der Waals surface area contributed by atoms with Gasteiger partial charge < -0.3 is 9.84 Å². The van der Waals surface area contributed by atoms with Crippen LogP contribution in [0.5, 0.6) is 5.75 Å². The largest absolute Gasteiger partial charge is 0.489 e. The average molecular weight is 324 g/mol. The van der Waals surface area contributed by atoms with Gasteiger partial charge in [0.05, 0.1) is 5.92 Å². The second-order valence-corrected chi connectivity index (χ2v) is 6.89. The van der Waals surface area contributed by atoms with Crippen LogP contribution in [-0.4, -0.2) is 11.1 Å². The van der Waals surface area contributed by atoms with Gasteiger partial charge in [-0.05, 0) is 60.4 Å². The van der Waals surface area contributed by atoms with Crippen LogP contribution in [0.15, 0.2) is 48.5 Å². The predicted octanol–water partition coefficient (Wildman–Crippen LogP) is 4.47. The molecule has 3 unspecified atom stereocenters. The van der Waals surface area contributed by atoms with Crippen LogP contribution >= 0.6 is 0 Å². The van der Waals surface area contributed by atoms with Gasteiger partial charge in [0.15, 0.2) is 0 Å². The molecule has 0 amide bonds. The Morgan fingerprint density at radius 3 is 2.62 bits per heavy atom. The summed E-state index contributed by atoms with van der Waals surface area (Å²) >= 11 is 0. The molecule has 1 aliphatic rings. The molecule has 0 aromatic heterocycles. The zero-order chi connectivity index (χ0) is 17.1. The van der Waals surface area contributed by atoms with Crippen LogP contribution in [-0.2, 0) is 17.8 Å². The molecule has 3 rings (SSSR count). The molecule has 3 nitrogen and oxygen atoms in total. The first-order valence-corrected chi connectivity index (χ1v) is 8.53. The summed E-state index contributed by atoms with van der Waals surface area (Å²) in [7, 11) is 0. The Labute approximate surface area is 143 Å². The first kappa shape index (κ1) is 16.6. The highest BCUT2D eigenvalue weighted by atomic mass is 16.5. The topological polar surface area (TPSA) is 46.5 Å². The highest BCUT2D eigenvalue weighted by Gasteiger charge is 2.46. The second-order valence-electron chi connectivity index (χ2n) is 6.89. The quantitative estimate of drug-likeness (QED) is 0.817. The number of carbonyl (C=O) groups is 1. The van der Waals surface area contributed by atoms with E-state index in [9.17, 15) is 4.79 Å². The van der Waals surface area contributed by atoms with Gasteiger partial charge in [0.2, 0.25) is 0 Å². The smallest absolute Gasteiger partial charge is 0.306 e. The molecule has 0 spiro atoms. The average Bonchev–Trinajstić information content (AvgIpc) is 3.37. The summed E-state index contributed by atoms with van der Waals surface area (Å²) in [6, 6.07) is 16.3. The van der Waals surface area contributed by atoms with Crippen molar-refractivity contribution in [2.45, 2.75) is 33.3 Å². The summed E-state index contributed by atoms with van der Waals surface area (Å²) in [5.41, 5.74) is 3.65. The van der Waals surface area contributed by atoms with Crippen molar-refractivity contribution in [3.05, 3.63) is 65.2 Å². The maximum Gasteiger partial charge on any atom is 0.306 e. The monoisotopic (exact) mass is 324 g/mol. The van der Waals surface area contributed by atoms with Crippen LogP contribution < -0.4 is 4.74 Å². The van der Waals surface area contributed by atoms with E-state index in [1.54, 1.807) is 0 Å². The third kappa shape index (κ3) is 3.97. The molecular formula is C21H24O3. The number of benzene rings is 2. The minimum Gasteiger partial charge on any atom is -0.489 e. The number of hydrogen-bond donors (Lipinski definition) is 1. The molecule has 24 heavy (non-hydrogen) atoms. The second kappa shape index (κ2) is 7.08. The number of hydrogen-bond acceptors (Lipinski definition) is 2. The van der Waals surface area contributed by atoms with E-state index >= 15 is 0 Å². The van der Waals surface area contributed by atoms with Crippen LogP contribution in [0.2, 0.25) is 0 Å². The number of aliphatic carboxylic acids is 1. The van der Waals surface area contributed by atoms with Gasteiger partial charge in [-0.2, -0.15) is 0 Å². The summed E-state index contributed by atoms with van der Waals surface area (Å²) in [5, 5.41) is 9.07. The normalized spacial score (nSPS) is 20.4. The number of aryl methyl sites for hydroxylation is 1. The van der Waals surface area contributed by atoms with E-state index in [0.717, 1.165) is 24.2 Å². The molecule has 0 aliphatic heterocycles. The highest BCUT2D eigenvalue weighted by Crippen LogP contribution is 2.45. The van der Waals surface area contributed by atoms with Crippen LogP contribution in [0, 0.1) is 24.7 Å². The van der Waals surface area contributed by atoms with Crippen molar-refractivity contribution in [1.29, 1.82) is 0 Å². The molecule has 2 aromatic carbocycles. The Kier molecular flexibility index (Phi) is 4.89. The summed E-state index contributed by atoms with van der Waals surface area (Å²) < 4.78 is 5.86. The van der Waals surface area contributed by atoms with Crippen molar-refractivity contribution in [2.75, 3.05) is 0 Å². The van der Waals surface area contributed by atoms with Crippen LogP contribution in [0.4, 0.5) is 0 Å². The lowest BCUT2D eigenvalue weighted by atomic mass is 9.93. The van der Waals surface area contributed by atoms with Gasteiger partial charge in [0, 0.05) is 0 Å². The third-order valence-electron chi connectivity index (χ3n) is 4.99. The van der Waals surface area contributed by atoms with Gasteiger partial charge >= 0.3 is 5.97 Å². The van der Waals surface area contributed by atoms with Crippen LogP contribution in [0.25, 0.3) is 0 Å². The molecule has 0 heterocycles. The van der Waals surface area contributed by atoms with Crippen molar-refractivity contribution in [3.8, 4) is 5.75 Å². The van der Waals surface area contributed by atoms with E-state index in [1.807, 2.05) is 24.3 Å². The summed E-state index contributed by atoms with van der Waals surface area (Å²) in [4.78, 5) is 11.0. The lowest BCUT2D eigenvalue weighted by Crippen LogP contribution is -2.09. The number of carboxylic acid groups (broad SMARTS) is 1. The minimum absolute atomic E-state index is 0.131. The fourth-order valence-electron chi connectivity index (χ4n) is 3.35.